The molecule has 2 amide bonds. The molecule has 0 spiro atoms. The first-order chi connectivity index (χ1) is 15.5. The zero-order chi connectivity index (χ0) is 23.1. The van der Waals surface area contributed by atoms with E-state index in [9.17, 15) is 9.59 Å². The number of benzene rings is 2. The number of carbonyl (C=O) groups excluding carboxylic acids is 2. The second-order valence-electron chi connectivity index (χ2n) is 7.23. The van der Waals surface area contributed by atoms with Crippen LogP contribution in [0.15, 0.2) is 54.7 Å². The van der Waals surface area contributed by atoms with Gasteiger partial charge in [-0.05, 0) is 43.7 Å². The summed E-state index contributed by atoms with van der Waals surface area (Å²) in [5, 5.41) is 10.2. The smallest absolute Gasteiger partial charge is 0.255 e. The van der Waals surface area contributed by atoms with Gasteiger partial charge < -0.3 is 20.1 Å². The van der Waals surface area contributed by atoms with Crippen LogP contribution in [0, 0.1) is 0 Å². The van der Waals surface area contributed by atoms with Crippen molar-refractivity contribution in [2.45, 2.75) is 26.3 Å². The van der Waals surface area contributed by atoms with Crippen molar-refractivity contribution in [1.82, 2.24) is 20.4 Å². The minimum atomic E-state index is -0.688. The number of hydrogen-bond donors (Lipinski definition) is 2. The van der Waals surface area contributed by atoms with Crippen LogP contribution in [0.5, 0.6) is 11.5 Å². The number of para-hydroxylation sites is 1. The second kappa shape index (κ2) is 10.5. The summed E-state index contributed by atoms with van der Waals surface area (Å²) in [6.45, 7) is 4.18. The fraction of sp³-hybridized carbons (Fsp3) is 0.292. The zero-order valence-corrected chi connectivity index (χ0v) is 18.7. The van der Waals surface area contributed by atoms with E-state index in [-0.39, 0.29) is 5.91 Å². The van der Waals surface area contributed by atoms with Gasteiger partial charge in [0.05, 0.1) is 25.5 Å². The van der Waals surface area contributed by atoms with Gasteiger partial charge in [0.1, 0.15) is 11.7 Å². The molecule has 3 aromatic rings. The van der Waals surface area contributed by atoms with E-state index in [4.69, 9.17) is 9.47 Å². The third-order valence-corrected chi connectivity index (χ3v) is 4.93. The summed E-state index contributed by atoms with van der Waals surface area (Å²) in [6, 6.07) is 14.1. The normalized spacial score (nSPS) is 11.5. The summed E-state index contributed by atoms with van der Waals surface area (Å²) >= 11 is 0. The minimum absolute atomic E-state index is 0.233. The maximum absolute atomic E-state index is 13.1. The molecule has 32 heavy (non-hydrogen) atoms. The molecular formula is C24H28N4O4. The van der Waals surface area contributed by atoms with Crippen molar-refractivity contribution >= 4 is 11.8 Å². The molecule has 3 rings (SSSR count). The van der Waals surface area contributed by atoms with Crippen LogP contribution < -0.4 is 20.1 Å². The van der Waals surface area contributed by atoms with E-state index >= 15 is 0 Å². The molecule has 0 fully saturated rings. The maximum atomic E-state index is 13.1. The molecule has 168 valence electrons. The zero-order valence-electron chi connectivity index (χ0n) is 18.7. The van der Waals surface area contributed by atoms with Crippen molar-refractivity contribution in [3.8, 4) is 28.4 Å². The van der Waals surface area contributed by atoms with Gasteiger partial charge in [0.2, 0.25) is 5.91 Å². The monoisotopic (exact) mass is 436 g/mol. The number of aromatic nitrogens is 2. The molecule has 1 unspecified atom stereocenters. The Morgan fingerprint density at radius 2 is 1.78 bits per heavy atom. The Hall–Kier alpha value is -3.81. The van der Waals surface area contributed by atoms with Gasteiger partial charge in [-0.25, -0.2) is 4.68 Å². The second-order valence-corrected chi connectivity index (χ2v) is 7.23. The third-order valence-electron chi connectivity index (χ3n) is 4.93. The van der Waals surface area contributed by atoms with E-state index in [1.54, 1.807) is 44.2 Å². The first kappa shape index (κ1) is 22.9. The van der Waals surface area contributed by atoms with E-state index in [1.807, 2.05) is 43.3 Å². The van der Waals surface area contributed by atoms with Crippen molar-refractivity contribution in [2.24, 2.45) is 0 Å². The van der Waals surface area contributed by atoms with Crippen molar-refractivity contribution in [1.29, 1.82) is 0 Å². The molecule has 0 aliphatic carbocycles. The molecule has 0 saturated heterocycles. The highest BCUT2D eigenvalue weighted by Gasteiger charge is 2.23. The highest BCUT2D eigenvalue weighted by molar-refractivity contribution is 6.02. The Balaban J connectivity index is 2.00. The number of amides is 2. The molecule has 8 nitrogen and oxygen atoms in total. The molecule has 1 heterocycles. The molecule has 1 atom stereocenters. The fourth-order valence-corrected chi connectivity index (χ4v) is 3.19. The summed E-state index contributed by atoms with van der Waals surface area (Å²) in [4.78, 5) is 25.4. The molecular weight excluding hydrogens is 408 g/mol. The van der Waals surface area contributed by atoms with E-state index in [1.165, 1.54) is 0 Å². The molecule has 0 radical (unpaired) electrons. The average molecular weight is 437 g/mol. The summed E-state index contributed by atoms with van der Waals surface area (Å²) in [5.74, 6) is 0.475. The SMILES string of the molecule is CCCNC(=O)C(C)NC(=O)c1cn(-c2ccccc2)nc1-c1ccc(OC)c(OC)c1. The fourth-order valence-electron chi connectivity index (χ4n) is 3.19. The Morgan fingerprint density at radius 1 is 1.06 bits per heavy atom. The highest BCUT2D eigenvalue weighted by Crippen LogP contribution is 2.33. The van der Waals surface area contributed by atoms with E-state index in [0.29, 0.717) is 34.9 Å². The number of hydrogen-bond acceptors (Lipinski definition) is 5. The summed E-state index contributed by atoms with van der Waals surface area (Å²) < 4.78 is 12.4. The van der Waals surface area contributed by atoms with Gasteiger partial charge in [-0.2, -0.15) is 5.10 Å². The van der Waals surface area contributed by atoms with Crippen LogP contribution in [0.2, 0.25) is 0 Å². The van der Waals surface area contributed by atoms with Crippen molar-refractivity contribution in [3.63, 3.8) is 0 Å². The van der Waals surface area contributed by atoms with Crippen LogP contribution >= 0.6 is 0 Å². The molecule has 1 aromatic heterocycles. The van der Waals surface area contributed by atoms with Crippen LogP contribution in [0.25, 0.3) is 16.9 Å². The van der Waals surface area contributed by atoms with E-state index in [2.05, 4.69) is 15.7 Å². The van der Waals surface area contributed by atoms with E-state index < -0.39 is 11.9 Å². The number of ether oxygens (including phenoxy) is 2. The summed E-state index contributed by atoms with van der Waals surface area (Å²) in [6.07, 6.45) is 2.48. The van der Waals surface area contributed by atoms with Crippen LogP contribution in [0.4, 0.5) is 0 Å². The minimum Gasteiger partial charge on any atom is -0.493 e. The molecule has 0 bridgehead atoms. The number of nitrogens with zero attached hydrogens (tertiary/aromatic N) is 2. The van der Waals surface area contributed by atoms with Gasteiger partial charge in [-0.15, -0.1) is 0 Å². The lowest BCUT2D eigenvalue weighted by atomic mass is 10.1. The molecule has 8 heteroatoms. The lowest BCUT2D eigenvalue weighted by Gasteiger charge is -2.14. The van der Waals surface area contributed by atoms with E-state index in [0.717, 1.165) is 12.1 Å². The topological polar surface area (TPSA) is 94.5 Å². The van der Waals surface area contributed by atoms with Crippen molar-refractivity contribution in [3.05, 3.63) is 60.3 Å². The molecule has 2 aromatic carbocycles. The Morgan fingerprint density at radius 3 is 2.44 bits per heavy atom. The van der Waals surface area contributed by atoms with Gasteiger partial charge in [-0.1, -0.05) is 25.1 Å². The molecule has 0 aliphatic rings. The van der Waals surface area contributed by atoms with Crippen LogP contribution in [0.3, 0.4) is 0 Å². The standard InChI is InChI=1S/C24H28N4O4/c1-5-13-25-23(29)16(2)26-24(30)19-15-28(18-9-7-6-8-10-18)27-22(19)17-11-12-20(31-3)21(14-17)32-4/h6-12,14-16H,5,13H2,1-4H3,(H,25,29)(H,26,30). The Bertz CT molecular complexity index is 1080. The summed E-state index contributed by atoms with van der Waals surface area (Å²) in [5.41, 5.74) is 2.30. The Kier molecular flexibility index (Phi) is 7.49. The number of methoxy groups -OCH3 is 2. The maximum Gasteiger partial charge on any atom is 0.255 e. The number of rotatable bonds is 9. The van der Waals surface area contributed by atoms with Gasteiger partial charge in [0.25, 0.3) is 5.91 Å². The van der Waals surface area contributed by atoms with Crippen LogP contribution in [-0.2, 0) is 4.79 Å². The average Bonchev–Trinajstić information content (AvgIpc) is 3.28. The predicted molar refractivity (Wildman–Crippen MR) is 122 cm³/mol. The van der Waals surface area contributed by atoms with Gasteiger partial charge >= 0.3 is 0 Å². The van der Waals surface area contributed by atoms with Crippen molar-refractivity contribution < 1.29 is 19.1 Å². The van der Waals surface area contributed by atoms with Gasteiger partial charge in [-0.3, -0.25) is 9.59 Å². The largest absolute Gasteiger partial charge is 0.493 e. The van der Waals surface area contributed by atoms with Gasteiger partial charge in [0, 0.05) is 18.3 Å². The predicted octanol–water partition coefficient (Wildman–Crippen LogP) is 3.20. The van der Waals surface area contributed by atoms with Crippen molar-refractivity contribution in [2.75, 3.05) is 20.8 Å². The molecule has 0 saturated carbocycles. The quantitative estimate of drug-likeness (QED) is 0.537. The Labute approximate surface area is 187 Å². The van der Waals surface area contributed by atoms with Gasteiger partial charge in [0.15, 0.2) is 11.5 Å². The molecule has 2 N–H and O–H groups in total. The first-order valence-corrected chi connectivity index (χ1v) is 10.4. The third kappa shape index (κ3) is 5.08. The summed E-state index contributed by atoms with van der Waals surface area (Å²) in [7, 11) is 3.11. The number of carbonyl (C=O) groups is 2. The first-order valence-electron chi connectivity index (χ1n) is 10.4. The number of nitrogens with one attached hydrogen (secondary N) is 2. The highest BCUT2D eigenvalue weighted by atomic mass is 16.5. The lowest BCUT2D eigenvalue weighted by molar-refractivity contribution is -0.122. The molecule has 0 aliphatic heterocycles. The van der Waals surface area contributed by atoms with Crippen LogP contribution in [-0.4, -0.2) is 48.4 Å². The lowest BCUT2D eigenvalue weighted by Crippen LogP contribution is -2.45. The van der Waals surface area contributed by atoms with Crippen LogP contribution in [0.1, 0.15) is 30.6 Å².